The van der Waals surface area contributed by atoms with Gasteiger partial charge in [-0.15, -0.1) is 0 Å². The van der Waals surface area contributed by atoms with E-state index < -0.39 is 24.3 Å². The Morgan fingerprint density at radius 2 is 1.67 bits per heavy atom. The summed E-state index contributed by atoms with van der Waals surface area (Å²) < 4.78 is 34.6. The minimum Gasteiger partial charge on any atom is -0.493 e. The van der Waals surface area contributed by atoms with Crippen molar-refractivity contribution in [1.29, 1.82) is 0 Å². The number of esters is 1. The molecule has 0 fully saturated rings. The van der Waals surface area contributed by atoms with Crippen LogP contribution in [-0.4, -0.2) is 39.8 Å². The van der Waals surface area contributed by atoms with Gasteiger partial charge in [0.15, 0.2) is 18.1 Å². The zero-order valence-electron chi connectivity index (χ0n) is 14.8. The fourth-order valence-corrected chi connectivity index (χ4v) is 2.57. The topological polar surface area (TPSA) is 83.1 Å². The molecule has 7 nitrogen and oxygen atoms in total. The minimum absolute atomic E-state index is 0.273. The molecule has 2 aromatic rings. The molecule has 0 heterocycles. The fraction of sp³-hybridized carbons (Fsp3) is 0.222. The quantitative estimate of drug-likeness (QED) is 0.662. The third-order valence-electron chi connectivity index (χ3n) is 3.43. The zero-order valence-corrected chi connectivity index (χ0v) is 16.4. The van der Waals surface area contributed by atoms with Gasteiger partial charge in [-0.05, 0) is 18.2 Å². The smallest absolute Gasteiger partial charge is 0.341 e. The van der Waals surface area contributed by atoms with Crippen molar-refractivity contribution in [3.63, 3.8) is 0 Å². The number of carbonyl (C=O) groups is 2. The van der Waals surface area contributed by atoms with Crippen LogP contribution in [-0.2, 0) is 9.53 Å². The lowest BCUT2D eigenvalue weighted by Gasteiger charge is -2.14. The third-order valence-corrected chi connectivity index (χ3v) is 3.92. The summed E-state index contributed by atoms with van der Waals surface area (Å²) in [6.45, 7) is -0.596. The Morgan fingerprint density at radius 1 is 1.04 bits per heavy atom. The first-order valence-corrected chi connectivity index (χ1v) is 8.41. The lowest BCUT2D eigenvalue weighted by molar-refractivity contribution is -0.119. The summed E-state index contributed by atoms with van der Waals surface area (Å²) in [4.78, 5) is 24.0. The number of benzene rings is 2. The predicted molar refractivity (Wildman–Crippen MR) is 99.1 cm³/mol. The monoisotopic (exact) mass is 441 g/mol. The van der Waals surface area contributed by atoms with Crippen molar-refractivity contribution < 1.29 is 32.9 Å². The van der Waals surface area contributed by atoms with E-state index in [0.717, 1.165) is 6.07 Å². The molecule has 2 rings (SSSR count). The van der Waals surface area contributed by atoms with Gasteiger partial charge in [0.25, 0.3) is 5.91 Å². The number of halogens is 2. The number of nitrogens with one attached hydrogen (secondary N) is 1. The second-order valence-electron chi connectivity index (χ2n) is 5.16. The van der Waals surface area contributed by atoms with Crippen LogP contribution in [0, 0.1) is 5.82 Å². The molecule has 0 spiro atoms. The first-order chi connectivity index (χ1) is 12.9. The van der Waals surface area contributed by atoms with Crippen LogP contribution in [0.25, 0.3) is 0 Å². The maximum absolute atomic E-state index is 13.7. The highest BCUT2D eigenvalue weighted by Gasteiger charge is 2.17. The van der Waals surface area contributed by atoms with E-state index in [1.165, 1.54) is 45.6 Å². The Balaban J connectivity index is 2.05. The van der Waals surface area contributed by atoms with Crippen molar-refractivity contribution in [2.45, 2.75) is 0 Å². The zero-order chi connectivity index (χ0) is 20.0. The fourth-order valence-electron chi connectivity index (χ4n) is 2.21. The summed E-state index contributed by atoms with van der Waals surface area (Å²) in [5.74, 6) is -1.25. The molecule has 1 amide bonds. The van der Waals surface area contributed by atoms with E-state index in [2.05, 4.69) is 21.2 Å². The van der Waals surface area contributed by atoms with Gasteiger partial charge >= 0.3 is 5.97 Å². The molecule has 9 heteroatoms. The number of amides is 1. The summed E-state index contributed by atoms with van der Waals surface area (Å²) in [7, 11) is 4.34. The van der Waals surface area contributed by atoms with Gasteiger partial charge in [-0.1, -0.05) is 15.9 Å². The highest BCUT2D eigenvalue weighted by atomic mass is 79.9. The maximum Gasteiger partial charge on any atom is 0.341 e. The van der Waals surface area contributed by atoms with E-state index in [1.807, 2.05) is 0 Å². The molecule has 0 atom stereocenters. The van der Waals surface area contributed by atoms with Crippen LogP contribution >= 0.6 is 15.9 Å². The molecule has 0 bridgehead atoms. The summed E-state index contributed by atoms with van der Waals surface area (Å²) >= 11 is 3.14. The largest absolute Gasteiger partial charge is 0.493 e. The average molecular weight is 442 g/mol. The molecule has 27 heavy (non-hydrogen) atoms. The average Bonchev–Trinajstić information content (AvgIpc) is 2.67. The molecule has 0 unspecified atom stereocenters. The molecule has 2 aromatic carbocycles. The Kier molecular flexibility index (Phi) is 7.00. The van der Waals surface area contributed by atoms with Gasteiger partial charge in [-0.3, -0.25) is 4.79 Å². The summed E-state index contributed by atoms with van der Waals surface area (Å²) in [6.07, 6.45) is 0. The van der Waals surface area contributed by atoms with Crippen LogP contribution in [0.4, 0.5) is 10.1 Å². The molecule has 0 saturated carbocycles. The van der Waals surface area contributed by atoms with Crippen LogP contribution in [0.3, 0.4) is 0 Å². The lowest BCUT2D eigenvalue weighted by Crippen LogP contribution is -2.21. The number of methoxy groups -OCH3 is 3. The van der Waals surface area contributed by atoms with Crippen molar-refractivity contribution in [3.05, 3.63) is 46.2 Å². The van der Waals surface area contributed by atoms with E-state index in [4.69, 9.17) is 18.9 Å². The Hall–Kier alpha value is -2.81. The first kappa shape index (κ1) is 20.5. The molecular weight excluding hydrogens is 425 g/mol. The van der Waals surface area contributed by atoms with E-state index in [0.29, 0.717) is 27.4 Å². The molecule has 0 radical (unpaired) electrons. The highest BCUT2D eigenvalue weighted by molar-refractivity contribution is 9.10. The van der Waals surface area contributed by atoms with Gasteiger partial charge in [-0.2, -0.15) is 0 Å². The van der Waals surface area contributed by atoms with Gasteiger partial charge in [0.05, 0.1) is 26.9 Å². The Morgan fingerprint density at radius 3 is 2.22 bits per heavy atom. The van der Waals surface area contributed by atoms with Gasteiger partial charge in [0.1, 0.15) is 5.82 Å². The maximum atomic E-state index is 13.7. The molecule has 1 N–H and O–H groups in total. The van der Waals surface area contributed by atoms with E-state index >= 15 is 0 Å². The lowest BCUT2D eigenvalue weighted by atomic mass is 10.2. The second-order valence-corrected chi connectivity index (χ2v) is 6.08. The molecule has 0 aliphatic rings. The molecule has 0 saturated heterocycles. The predicted octanol–water partition coefficient (Wildman–Crippen LogP) is 3.41. The SMILES string of the molecule is COc1cc(NC(=O)COC(=O)c2cc(Br)ccc2F)cc(OC)c1OC. The number of anilines is 1. The number of rotatable bonds is 7. The van der Waals surface area contributed by atoms with Gasteiger partial charge in [0, 0.05) is 22.3 Å². The van der Waals surface area contributed by atoms with Crippen molar-refractivity contribution in [3.8, 4) is 17.2 Å². The standard InChI is InChI=1S/C18H17BrFNO6/c1-24-14-7-11(8-15(25-2)17(14)26-3)21-16(22)9-27-18(23)12-6-10(19)4-5-13(12)20/h4-8H,9H2,1-3H3,(H,21,22). The van der Waals surface area contributed by atoms with Crippen LogP contribution in [0.1, 0.15) is 10.4 Å². The summed E-state index contributed by atoms with van der Waals surface area (Å²) in [5.41, 5.74) is 0.0733. The van der Waals surface area contributed by atoms with Gasteiger partial charge < -0.3 is 24.3 Å². The van der Waals surface area contributed by atoms with E-state index in [9.17, 15) is 14.0 Å². The van der Waals surface area contributed by atoms with Crippen LogP contribution in [0.5, 0.6) is 17.2 Å². The van der Waals surface area contributed by atoms with Gasteiger partial charge in [-0.25, -0.2) is 9.18 Å². The van der Waals surface area contributed by atoms with Crippen molar-refractivity contribution >= 4 is 33.5 Å². The van der Waals surface area contributed by atoms with Crippen molar-refractivity contribution in [2.75, 3.05) is 33.3 Å². The minimum atomic E-state index is -0.950. The van der Waals surface area contributed by atoms with Crippen LogP contribution in [0.2, 0.25) is 0 Å². The highest BCUT2D eigenvalue weighted by Crippen LogP contribution is 2.39. The van der Waals surface area contributed by atoms with Crippen molar-refractivity contribution in [1.82, 2.24) is 0 Å². The first-order valence-electron chi connectivity index (χ1n) is 7.61. The number of hydrogen-bond acceptors (Lipinski definition) is 6. The molecule has 0 aliphatic carbocycles. The Labute approximate surface area is 163 Å². The van der Waals surface area contributed by atoms with E-state index in [1.54, 1.807) is 0 Å². The van der Waals surface area contributed by atoms with Crippen LogP contribution in [0.15, 0.2) is 34.8 Å². The molecular formula is C18H17BrFNO6. The normalized spacial score (nSPS) is 10.1. The number of ether oxygens (including phenoxy) is 4. The third kappa shape index (κ3) is 5.10. The second kappa shape index (κ2) is 9.22. The molecule has 0 aliphatic heterocycles. The summed E-state index contributed by atoms with van der Waals surface area (Å²) in [5, 5.41) is 2.54. The summed E-state index contributed by atoms with van der Waals surface area (Å²) in [6, 6.07) is 6.89. The van der Waals surface area contributed by atoms with E-state index in [-0.39, 0.29) is 5.56 Å². The number of carbonyl (C=O) groups excluding carboxylic acids is 2. The molecule has 144 valence electrons. The van der Waals surface area contributed by atoms with Crippen molar-refractivity contribution in [2.24, 2.45) is 0 Å². The Bertz CT molecular complexity index is 833. The number of hydrogen-bond donors (Lipinski definition) is 1. The van der Waals surface area contributed by atoms with Crippen LogP contribution < -0.4 is 19.5 Å². The van der Waals surface area contributed by atoms with Gasteiger partial charge in [0.2, 0.25) is 5.75 Å². The molecule has 0 aromatic heterocycles.